The van der Waals surface area contributed by atoms with Crippen molar-refractivity contribution in [3.63, 3.8) is 0 Å². The molecule has 1 fully saturated rings. The molecule has 5 heteroatoms. The molecule has 1 amide bonds. The van der Waals surface area contributed by atoms with Crippen LogP contribution in [0.25, 0.3) is 0 Å². The second kappa shape index (κ2) is 6.07. The van der Waals surface area contributed by atoms with Gasteiger partial charge in [0.25, 0.3) is 5.91 Å². The lowest BCUT2D eigenvalue weighted by Crippen LogP contribution is -2.44. The predicted molar refractivity (Wildman–Crippen MR) is 80.4 cm³/mol. The van der Waals surface area contributed by atoms with E-state index in [4.69, 9.17) is 0 Å². The van der Waals surface area contributed by atoms with Crippen molar-refractivity contribution >= 4 is 5.91 Å². The summed E-state index contributed by atoms with van der Waals surface area (Å²) in [7, 11) is 0. The van der Waals surface area contributed by atoms with Crippen LogP contribution in [0.15, 0.2) is 42.5 Å². The summed E-state index contributed by atoms with van der Waals surface area (Å²) in [5, 5.41) is 2.84. The van der Waals surface area contributed by atoms with Crippen LogP contribution in [-0.2, 0) is 5.54 Å². The summed E-state index contributed by atoms with van der Waals surface area (Å²) in [5.74, 6) is -3.00. The first-order chi connectivity index (χ1) is 11.0. The van der Waals surface area contributed by atoms with Crippen molar-refractivity contribution < 1.29 is 18.0 Å². The molecule has 2 aromatic rings. The van der Waals surface area contributed by atoms with Gasteiger partial charge in [-0.05, 0) is 37.1 Å². The van der Waals surface area contributed by atoms with Crippen molar-refractivity contribution in [3.05, 3.63) is 71.0 Å². The molecule has 0 aromatic heterocycles. The third-order valence-electron chi connectivity index (χ3n) is 4.38. The van der Waals surface area contributed by atoms with Crippen LogP contribution in [-0.4, -0.2) is 5.91 Å². The molecular weight excluding hydrogens is 303 g/mol. The van der Waals surface area contributed by atoms with Crippen LogP contribution >= 0.6 is 0 Å². The van der Waals surface area contributed by atoms with Gasteiger partial charge in [-0.25, -0.2) is 13.2 Å². The fourth-order valence-corrected chi connectivity index (χ4v) is 3.22. The zero-order valence-corrected chi connectivity index (χ0v) is 12.4. The molecule has 0 radical (unpaired) electrons. The lowest BCUT2D eigenvalue weighted by Gasteiger charge is -2.31. The molecule has 1 aliphatic rings. The Kier molecular flexibility index (Phi) is 4.11. The topological polar surface area (TPSA) is 29.1 Å². The Morgan fingerprint density at radius 2 is 1.61 bits per heavy atom. The number of benzene rings is 2. The minimum absolute atomic E-state index is 0.0199. The third-order valence-corrected chi connectivity index (χ3v) is 4.38. The normalized spacial score (nSPS) is 16.3. The first kappa shape index (κ1) is 15.6. The highest BCUT2D eigenvalue weighted by molar-refractivity contribution is 5.94. The van der Waals surface area contributed by atoms with Gasteiger partial charge in [-0.1, -0.05) is 31.0 Å². The Hall–Kier alpha value is -2.30. The molecule has 0 bridgehead atoms. The molecule has 1 aliphatic carbocycles. The highest BCUT2D eigenvalue weighted by atomic mass is 19.2. The summed E-state index contributed by atoms with van der Waals surface area (Å²) in [6.45, 7) is 0. The number of amides is 1. The van der Waals surface area contributed by atoms with Crippen LogP contribution in [0.1, 0.15) is 41.6 Å². The van der Waals surface area contributed by atoms with Gasteiger partial charge >= 0.3 is 0 Å². The molecule has 3 rings (SSSR count). The van der Waals surface area contributed by atoms with Crippen molar-refractivity contribution in [3.8, 4) is 0 Å². The van der Waals surface area contributed by atoms with Gasteiger partial charge in [-0.15, -0.1) is 0 Å². The van der Waals surface area contributed by atoms with Crippen LogP contribution in [0.4, 0.5) is 13.2 Å². The molecule has 120 valence electrons. The maximum absolute atomic E-state index is 14.2. The Morgan fingerprint density at radius 3 is 2.26 bits per heavy atom. The van der Waals surface area contributed by atoms with Crippen molar-refractivity contribution in [2.24, 2.45) is 0 Å². The average molecular weight is 319 g/mol. The number of carbonyl (C=O) groups excluding carboxylic acids is 1. The molecule has 0 saturated heterocycles. The summed E-state index contributed by atoms with van der Waals surface area (Å²) in [4.78, 5) is 12.4. The smallest absolute Gasteiger partial charge is 0.252 e. The maximum Gasteiger partial charge on any atom is 0.252 e. The van der Waals surface area contributed by atoms with Crippen LogP contribution in [0.3, 0.4) is 0 Å². The maximum atomic E-state index is 14.2. The fraction of sp³-hybridized carbons (Fsp3) is 0.278. The minimum Gasteiger partial charge on any atom is -0.342 e. The quantitative estimate of drug-likeness (QED) is 0.898. The highest BCUT2D eigenvalue weighted by Gasteiger charge is 2.39. The number of hydrogen-bond donors (Lipinski definition) is 1. The monoisotopic (exact) mass is 319 g/mol. The molecule has 2 aromatic carbocycles. The van der Waals surface area contributed by atoms with E-state index in [9.17, 15) is 18.0 Å². The Balaban J connectivity index is 1.92. The van der Waals surface area contributed by atoms with Crippen LogP contribution < -0.4 is 5.32 Å². The molecule has 2 nitrogen and oxygen atoms in total. The lowest BCUT2D eigenvalue weighted by atomic mass is 9.87. The molecule has 23 heavy (non-hydrogen) atoms. The summed E-state index contributed by atoms with van der Waals surface area (Å²) in [6, 6.07) is 9.33. The van der Waals surface area contributed by atoms with Gasteiger partial charge in [0.2, 0.25) is 0 Å². The predicted octanol–water partition coefficient (Wildman–Crippen LogP) is 4.30. The summed E-state index contributed by atoms with van der Waals surface area (Å²) in [5.41, 5.74) is -0.340. The van der Waals surface area contributed by atoms with Crippen molar-refractivity contribution in [1.29, 1.82) is 0 Å². The summed E-state index contributed by atoms with van der Waals surface area (Å²) in [6.07, 6.45) is 2.96. The van der Waals surface area contributed by atoms with Gasteiger partial charge in [0.1, 0.15) is 5.82 Å². The molecule has 0 atom stereocenters. The Morgan fingerprint density at radius 1 is 0.913 bits per heavy atom. The zero-order valence-electron chi connectivity index (χ0n) is 12.4. The van der Waals surface area contributed by atoms with E-state index in [1.54, 1.807) is 18.2 Å². The summed E-state index contributed by atoms with van der Waals surface area (Å²) < 4.78 is 40.5. The molecular formula is C18H16F3NO. The zero-order chi connectivity index (χ0) is 16.4. The van der Waals surface area contributed by atoms with Gasteiger partial charge in [0.15, 0.2) is 11.6 Å². The van der Waals surface area contributed by atoms with Gasteiger partial charge in [-0.3, -0.25) is 4.79 Å². The van der Waals surface area contributed by atoms with Gasteiger partial charge < -0.3 is 5.32 Å². The number of rotatable bonds is 3. The molecule has 0 unspecified atom stereocenters. The van der Waals surface area contributed by atoms with E-state index in [2.05, 4.69) is 5.32 Å². The van der Waals surface area contributed by atoms with Gasteiger partial charge in [0.05, 0.1) is 5.54 Å². The molecule has 1 saturated carbocycles. The van der Waals surface area contributed by atoms with Crippen LogP contribution in [0, 0.1) is 17.5 Å². The van der Waals surface area contributed by atoms with E-state index >= 15 is 0 Å². The fourth-order valence-electron chi connectivity index (χ4n) is 3.22. The van der Waals surface area contributed by atoms with Crippen molar-refractivity contribution in [1.82, 2.24) is 5.32 Å². The Labute approximate surface area is 132 Å². The van der Waals surface area contributed by atoms with Crippen LogP contribution in [0.5, 0.6) is 0 Å². The standard InChI is InChI=1S/C18H16F3NO/c19-14-6-2-1-5-13(14)18(9-3-4-10-18)22-17(23)12-7-8-15(20)16(21)11-12/h1-2,5-8,11H,3-4,9-10H2,(H,22,23). The average Bonchev–Trinajstić information content (AvgIpc) is 2.99. The molecule has 0 heterocycles. The van der Waals surface area contributed by atoms with E-state index in [1.807, 2.05) is 0 Å². The van der Waals surface area contributed by atoms with E-state index < -0.39 is 23.1 Å². The van der Waals surface area contributed by atoms with E-state index in [1.165, 1.54) is 12.1 Å². The SMILES string of the molecule is O=C(NC1(c2ccccc2F)CCCC1)c1ccc(F)c(F)c1. The van der Waals surface area contributed by atoms with Gasteiger partial charge in [0, 0.05) is 11.1 Å². The van der Waals surface area contributed by atoms with E-state index in [0.29, 0.717) is 18.4 Å². The molecule has 0 aliphatic heterocycles. The lowest BCUT2D eigenvalue weighted by molar-refractivity contribution is 0.0896. The molecule has 0 spiro atoms. The highest BCUT2D eigenvalue weighted by Crippen LogP contribution is 2.40. The Bertz CT molecular complexity index is 739. The summed E-state index contributed by atoms with van der Waals surface area (Å²) >= 11 is 0. The van der Waals surface area contributed by atoms with Crippen LogP contribution in [0.2, 0.25) is 0 Å². The number of hydrogen-bond acceptors (Lipinski definition) is 1. The van der Waals surface area contributed by atoms with Gasteiger partial charge in [-0.2, -0.15) is 0 Å². The second-order valence-corrected chi connectivity index (χ2v) is 5.85. The number of carbonyl (C=O) groups is 1. The first-order valence-electron chi connectivity index (χ1n) is 7.54. The van der Waals surface area contributed by atoms with Crippen molar-refractivity contribution in [2.45, 2.75) is 31.2 Å². The second-order valence-electron chi connectivity index (χ2n) is 5.85. The third kappa shape index (κ3) is 2.96. The number of halogens is 3. The van der Waals surface area contributed by atoms with E-state index in [0.717, 1.165) is 25.0 Å². The largest absolute Gasteiger partial charge is 0.342 e. The minimum atomic E-state index is -1.08. The number of nitrogens with one attached hydrogen (secondary N) is 1. The molecule has 1 N–H and O–H groups in total. The van der Waals surface area contributed by atoms with Crippen molar-refractivity contribution in [2.75, 3.05) is 0 Å². The van der Waals surface area contributed by atoms with E-state index in [-0.39, 0.29) is 11.4 Å². The first-order valence-corrected chi connectivity index (χ1v) is 7.54.